The Labute approximate surface area is 149 Å². The molecule has 26 heavy (non-hydrogen) atoms. The van der Waals surface area contributed by atoms with Crippen LogP contribution in [0, 0.1) is 15.9 Å². The topological polar surface area (TPSA) is 88.8 Å². The van der Waals surface area contributed by atoms with Gasteiger partial charge in [-0.25, -0.2) is 9.37 Å². The minimum atomic E-state index is -0.676. The first-order chi connectivity index (χ1) is 12.5. The quantitative estimate of drug-likeness (QED) is 0.597. The van der Waals surface area contributed by atoms with Crippen LogP contribution in [0.15, 0.2) is 42.6 Å². The predicted octanol–water partition coefficient (Wildman–Crippen LogP) is 1.86. The van der Waals surface area contributed by atoms with Crippen LogP contribution in [0.25, 0.3) is 0 Å². The molecule has 1 amide bonds. The average molecular weight is 360 g/mol. The molecule has 2 aromatic rings. The average Bonchev–Trinajstić information content (AvgIpc) is 2.66. The minimum absolute atomic E-state index is 0.254. The molecule has 9 heteroatoms. The van der Waals surface area contributed by atoms with Gasteiger partial charge < -0.3 is 14.5 Å². The van der Waals surface area contributed by atoms with E-state index in [0.29, 0.717) is 26.2 Å². The summed E-state index contributed by atoms with van der Waals surface area (Å²) < 4.78 is 18.5. The summed E-state index contributed by atoms with van der Waals surface area (Å²) >= 11 is 0. The molecule has 1 saturated heterocycles. The van der Waals surface area contributed by atoms with Gasteiger partial charge in [0.25, 0.3) is 5.91 Å². The highest BCUT2D eigenvalue weighted by molar-refractivity contribution is 5.78. The van der Waals surface area contributed by atoms with E-state index in [9.17, 15) is 19.3 Å². The standard InChI is InChI=1S/C17H17FN4O4/c18-13-4-5-14(22(24)25)15(11-13)26-12-17(23)21-9-7-20(8-10-21)16-3-1-2-6-19-16/h1-6,11H,7-10,12H2. The van der Waals surface area contributed by atoms with Crippen LogP contribution in [0.5, 0.6) is 5.75 Å². The lowest BCUT2D eigenvalue weighted by atomic mass is 10.3. The van der Waals surface area contributed by atoms with Gasteiger partial charge in [-0.2, -0.15) is 0 Å². The Bertz CT molecular complexity index is 795. The second-order valence-electron chi connectivity index (χ2n) is 5.71. The van der Waals surface area contributed by atoms with Crippen molar-refractivity contribution in [3.05, 3.63) is 58.5 Å². The van der Waals surface area contributed by atoms with Crippen molar-refractivity contribution in [1.82, 2.24) is 9.88 Å². The van der Waals surface area contributed by atoms with Crippen molar-refractivity contribution in [1.29, 1.82) is 0 Å². The molecule has 0 radical (unpaired) electrons. The van der Waals surface area contributed by atoms with Gasteiger partial charge in [0.1, 0.15) is 11.6 Å². The van der Waals surface area contributed by atoms with E-state index in [-0.39, 0.29) is 24.0 Å². The number of carbonyl (C=O) groups excluding carboxylic acids is 1. The molecule has 8 nitrogen and oxygen atoms in total. The maximum absolute atomic E-state index is 13.3. The zero-order valence-electron chi connectivity index (χ0n) is 13.9. The van der Waals surface area contributed by atoms with Crippen molar-refractivity contribution in [2.24, 2.45) is 0 Å². The molecule has 1 aliphatic heterocycles. The largest absolute Gasteiger partial charge is 0.477 e. The number of amides is 1. The number of benzene rings is 1. The van der Waals surface area contributed by atoms with Gasteiger partial charge in [0.2, 0.25) is 5.75 Å². The number of nitro benzene ring substituents is 1. The van der Waals surface area contributed by atoms with Crippen LogP contribution >= 0.6 is 0 Å². The van der Waals surface area contributed by atoms with E-state index >= 15 is 0 Å². The summed E-state index contributed by atoms with van der Waals surface area (Å²) in [7, 11) is 0. The van der Waals surface area contributed by atoms with Gasteiger partial charge in [-0.1, -0.05) is 6.07 Å². The number of nitro groups is 1. The number of aromatic nitrogens is 1. The highest BCUT2D eigenvalue weighted by Crippen LogP contribution is 2.27. The Hall–Kier alpha value is -3.23. The Kier molecular flexibility index (Phi) is 5.26. The Morgan fingerprint density at radius 3 is 2.65 bits per heavy atom. The molecule has 0 spiro atoms. The van der Waals surface area contributed by atoms with Crippen LogP contribution in [0.2, 0.25) is 0 Å². The van der Waals surface area contributed by atoms with Crippen molar-refractivity contribution < 1.29 is 18.8 Å². The lowest BCUT2D eigenvalue weighted by molar-refractivity contribution is -0.385. The molecule has 0 N–H and O–H groups in total. The maximum atomic E-state index is 13.3. The number of hydrogen-bond donors (Lipinski definition) is 0. The summed E-state index contributed by atoms with van der Waals surface area (Å²) in [6.45, 7) is 1.85. The monoisotopic (exact) mass is 360 g/mol. The molecular weight excluding hydrogens is 343 g/mol. The normalized spacial score (nSPS) is 14.2. The van der Waals surface area contributed by atoms with Crippen molar-refractivity contribution in [2.45, 2.75) is 0 Å². The molecule has 1 aromatic carbocycles. The molecule has 136 valence electrons. The number of ether oxygens (including phenoxy) is 1. The van der Waals surface area contributed by atoms with Gasteiger partial charge in [-0.15, -0.1) is 0 Å². The summed E-state index contributed by atoms with van der Waals surface area (Å²) in [5.74, 6) is -0.368. The van der Waals surface area contributed by atoms with Crippen LogP contribution in [0.3, 0.4) is 0 Å². The van der Waals surface area contributed by atoms with Crippen molar-refractivity contribution >= 4 is 17.4 Å². The van der Waals surface area contributed by atoms with E-state index in [1.54, 1.807) is 11.1 Å². The summed E-state index contributed by atoms with van der Waals surface area (Å²) in [4.78, 5) is 30.5. The number of nitrogens with zero attached hydrogens (tertiary/aromatic N) is 4. The van der Waals surface area contributed by atoms with E-state index in [4.69, 9.17) is 4.74 Å². The van der Waals surface area contributed by atoms with Gasteiger partial charge in [-0.3, -0.25) is 14.9 Å². The molecule has 1 fully saturated rings. The van der Waals surface area contributed by atoms with Crippen LogP contribution in [-0.2, 0) is 4.79 Å². The molecular formula is C17H17FN4O4. The number of halogens is 1. The van der Waals surface area contributed by atoms with Crippen LogP contribution < -0.4 is 9.64 Å². The van der Waals surface area contributed by atoms with Gasteiger partial charge in [-0.05, 0) is 18.2 Å². The number of carbonyl (C=O) groups is 1. The van der Waals surface area contributed by atoms with Crippen molar-refractivity contribution in [3.63, 3.8) is 0 Å². The van der Waals surface area contributed by atoms with E-state index < -0.39 is 10.7 Å². The Morgan fingerprint density at radius 1 is 1.23 bits per heavy atom. The Balaban J connectivity index is 1.55. The van der Waals surface area contributed by atoms with Gasteiger partial charge in [0.15, 0.2) is 6.61 Å². The molecule has 2 heterocycles. The third kappa shape index (κ3) is 4.05. The molecule has 0 atom stereocenters. The predicted molar refractivity (Wildman–Crippen MR) is 91.6 cm³/mol. The number of hydrogen-bond acceptors (Lipinski definition) is 6. The fourth-order valence-electron chi connectivity index (χ4n) is 2.71. The lowest BCUT2D eigenvalue weighted by Gasteiger charge is -2.35. The summed E-state index contributed by atoms with van der Waals surface area (Å²) in [6, 6.07) is 8.55. The van der Waals surface area contributed by atoms with Crippen LogP contribution in [0.1, 0.15) is 0 Å². The zero-order valence-corrected chi connectivity index (χ0v) is 13.9. The fraction of sp³-hybridized carbons (Fsp3) is 0.294. The molecule has 0 aliphatic carbocycles. The highest BCUT2D eigenvalue weighted by atomic mass is 19.1. The first-order valence-electron chi connectivity index (χ1n) is 8.05. The van der Waals surface area contributed by atoms with Crippen molar-refractivity contribution in [3.8, 4) is 5.75 Å². The fourth-order valence-corrected chi connectivity index (χ4v) is 2.71. The highest BCUT2D eigenvalue weighted by Gasteiger charge is 2.23. The van der Waals surface area contributed by atoms with E-state index in [1.807, 2.05) is 18.2 Å². The molecule has 1 aromatic heterocycles. The summed E-state index contributed by atoms with van der Waals surface area (Å²) in [6.07, 6.45) is 1.71. The van der Waals surface area contributed by atoms with Gasteiger partial charge >= 0.3 is 5.69 Å². The van der Waals surface area contributed by atoms with Gasteiger partial charge in [0, 0.05) is 44.5 Å². The molecule has 0 unspecified atom stereocenters. The zero-order chi connectivity index (χ0) is 18.5. The second kappa shape index (κ2) is 7.77. The molecule has 0 saturated carbocycles. The van der Waals surface area contributed by atoms with E-state index in [2.05, 4.69) is 9.88 Å². The van der Waals surface area contributed by atoms with E-state index in [0.717, 1.165) is 24.0 Å². The van der Waals surface area contributed by atoms with Gasteiger partial charge in [0.05, 0.1) is 4.92 Å². The van der Waals surface area contributed by atoms with Crippen molar-refractivity contribution in [2.75, 3.05) is 37.7 Å². The SMILES string of the molecule is O=C(COc1cc(F)ccc1[N+](=O)[O-])N1CCN(c2ccccn2)CC1. The number of anilines is 1. The smallest absolute Gasteiger partial charge is 0.311 e. The summed E-state index contributed by atoms with van der Waals surface area (Å²) in [5.41, 5.74) is -0.376. The molecule has 0 bridgehead atoms. The van der Waals surface area contributed by atoms with E-state index in [1.165, 1.54) is 0 Å². The Morgan fingerprint density at radius 2 is 2.00 bits per heavy atom. The maximum Gasteiger partial charge on any atom is 0.311 e. The number of piperazine rings is 1. The molecule has 1 aliphatic rings. The summed E-state index contributed by atoms with van der Waals surface area (Å²) in [5, 5.41) is 10.9. The van der Waals surface area contributed by atoms with Crippen LogP contribution in [-0.4, -0.2) is 53.5 Å². The molecule has 3 rings (SSSR count). The number of rotatable bonds is 5. The first-order valence-corrected chi connectivity index (χ1v) is 8.05. The third-order valence-electron chi connectivity index (χ3n) is 4.08. The first kappa shape index (κ1) is 17.6. The minimum Gasteiger partial charge on any atom is -0.477 e. The third-order valence-corrected chi connectivity index (χ3v) is 4.08. The van der Waals surface area contributed by atoms with Crippen LogP contribution in [0.4, 0.5) is 15.9 Å². The number of pyridine rings is 1. The lowest BCUT2D eigenvalue weighted by Crippen LogP contribution is -2.50. The second-order valence-corrected chi connectivity index (χ2v) is 5.71.